The maximum atomic E-state index is 5.16. The molecule has 0 spiro atoms. The second-order valence-electron chi connectivity index (χ2n) is 3.07. The molecule has 2 heterocycles. The van der Waals surface area contributed by atoms with Crippen LogP contribution in [0.2, 0.25) is 0 Å². The van der Waals surface area contributed by atoms with Crippen LogP contribution in [0.1, 0.15) is 6.92 Å². The molecule has 0 amide bonds. The van der Waals surface area contributed by atoms with Crippen molar-refractivity contribution in [2.75, 3.05) is 32.8 Å². The van der Waals surface area contributed by atoms with Gasteiger partial charge in [0.25, 0.3) is 0 Å². The Morgan fingerprint density at radius 2 is 1.79 bits per heavy atom. The Kier molecular flexibility index (Phi) is 5.95. The number of hydrogen-bond acceptors (Lipinski definition) is 3. The molecule has 1 fully saturated rings. The van der Waals surface area contributed by atoms with Gasteiger partial charge >= 0.3 is 0 Å². The Morgan fingerprint density at radius 1 is 1.14 bits per heavy atom. The molecule has 78 valence electrons. The van der Waals surface area contributed by atoms with E-state index in [0.29, 0.717) is 0 Å². The molecule has 0 unspecified atom stereocenters. The van der Waals surface area contributed by atoms with E-state index in [9.17, 15) is 0 Å². The first kappa shape index (κ1) is 11.1. The van der Waals surface area contributed by atoms with E-state index in [-0.39, 0.29) is 0 Å². The summed E-state index contributed by atoms with van der Waals surface area (Å²) >= 11 is 0. The quantitative estimate of drug-likeness (QED) is 0.676. The summed E-state index contributed by atoms with van der Waals surface area (Å²) in [5, 5.41) is 0. The van der Waals surface area contributed by atoms with Crippen LogP contribution < -0.4 is 0 Å². The summed E-state index contributed by atoms with van der Waals surface area (Å²) in [5.41, 5.74) is 0. The van der Waals surface area contributed by atoms with Crippen molar-refractivity contribution in [2.24, 2.45) is 0 Å². The molecule has 1 aromatic rings. The molecule has 1 aliphatic rings. The third kappa shape index (κ3) is 4.94. The Hall–Kier alpha value is -0.930. The monoisotopic (exact) mass is 194 g/mol. The predicted octanol–water partition coefficient (Wildman–Crippen LogP) is 1.42. The molecule has 0 aliphatic carbocycles. The van der Waals surface area contributed by atoms with E-state index < -0.39 is 0 Å². The maximum absolute atomic E-state index is 5.16. The van der Waals surface area contributed by atoms with Crippen LogP contribution in [0.15, 0.2) is 30.6 Å². The highest BCUT2D eigenvalue weighted by molar-refractivity contribution is 4.88. The van der Waals surface area contributed by atoms with Crippen molar-refractivity contribution in [3.63, 3.8) is 0 Å². The number of hydrogen-bond donors (Lipinski definition) is 0. The molecule has 0 bridgehead atoms. The standard InChI is InChI=1S/C6H13NO.C5H5N/c1-2-7-3-5-8-6-4-7;1-2-4-6-5-3-1/h2-6H2,1H3;1-5H. The molecule has 0 aromatic carbocycles. The van der Waals surface area contributed by atoms with Crippen molar-refractivity contribution >= 4 is 0 Å². The lowest BCUT2D eigenvalue weighted by atomic mass is 10.4. The van der Waals surface area contributed by atoms with Gasteiger partial charge in [0.1, 0.15) is 0 Å². The number of morpholine rings is 1. The normalized spacial score (nSPS) is 16.9. The average Bonchev–Trinajstić information content (AvgIpc) is 2.33. The first-order valence-electron chi connectivity index (χ1n) is 5.08. The molecule has 14 heavy (non-hydrogen) atoms. The van der Waals surface area contributed by atoms with Crippen LogP contribution in [0.3, 0.4) is 0 Å². The number of rotatable bonds is 1. The summed E-state index contributed by atoms with van der Waals surface area (Å²) in [7, 11) is 0. The first-order chi connectivity index (χ1) is 6.93. The molecule has 2 rings (SSSR count). The fraction of sp³-hybridized carbons (Fsp3) is 0.545. The van der Waals surface area contributed by atoms with E-state index in [2.05, 4.69) is 16.8 Å². The first-order valence-corrected chi connectivity index (χ1v) is 5.08. The third-order valence-corrected chi connectivity index (χ3v) is 2.12. The van der Waals surface area contributed by atoms with E-state index in [1.54, 1.807) is 12.4 Å². The zero-order valence-corrected chi connectivity index (χ0v) is 8.72. The molecule has 3 heteroatoms. The lowest BCUT2D eigenvalue weighted by Gasteiger charge is -2.24. The highest BCUT2D eigenvalue weighted by atomic mass is 16.5. The van der Waals surface area contributed by atoms with Crippen molar-refractivity contribution in [1.82, 2.24) is 9.88 Å². The summed E-state index contributed by atoms with van der Waals surface area (Å²) in [6, 6.07) is 5.72. The van der Waals surface area contributed by atoms with Gasteiger partial charge in [0.05, 0.1) is 13.2 Å². The van der Waals surface area contributed by atoms with Gasteiger partial charge in [-0.05, 0) is 18.7 Å². The molecule has 1 aromatic heterocycles. The van der Waals surface area contributed by atoms with Crippen LogP contribution in [0, 0.1) is 0 Å². The van der Waals surface area contributed by atoms with Gasteiger partial charge in [-0.15, -0.1) is 0 Å². The van der Waals surface area contributed by atoms with Gasteiger partial charge in [-0.25, -0.2) is 0 Å². The summed E-state index contributed by atoms with van der Waals surface area (Å²) in [6.45, 7) is 7.45. The largest absolute Gasteiger partial charge is 0.379 e. The van der Waals surface area contributed by atoms with Gasteiger partial charge in [-0.3, -0.25) is 9.88 Å². The average molecular weight is 194 g/mol. The molecule has 1 saturated heterocycles. The Morgan fingerprint density at radius 3 is 2.07 bits per heavy atom. The minimum absolute atomic E-state index is 0.924. The van der Waals surface area contributed by atoms with E-state index in [4.69, 9.17) is 4.74 Å². The van der Waals surface area contributed by atoms with E-state index >= 15 is 0 Å². The van der Waals surface area contributed by atoms with Crippen LogP contribution in [0.25, 0.3) is 0 Å². The van der Waals surface area contributed by atoms with Crippen LogP contribution in [0.5, 0.6) is 0 Å². The zero-order valence-electron chi connectivity index (χ0n) is 8.72. The Bertz CT molecular complexity index is 183. The van der Waals surface area contributed by atoms with Gasteiger partial charge in [-0.1, -0.05) is 13.0 Å². The summed E-state index contributed by atoms with van der Waals surface area (Å²) < 4.78 is 5.16. The molecular weight excluding hydrogens is 176 g/mol. The molecule has 0 radical (unpaired) electrons. The smallest absolute Gasteiger partial charge is 0.0594 e. The second-order valence-corrected chi connectivity index (χ2v) is 3.07. The highest BCUT2D eigenvalue weighted by Gasteiger charge is 2.05. The van der Waals surface area contributed by atoms with Gasteiger partial charge in [0.15, 0.2) is 0 Å². The SMILES string of the molecule is CCN1CCOCC1.c1ccncc1. The van der Waals surface area contributed by atoms with Crippen LogP contribution in [0.4, 0.5) is 0 Å². The number of pyridine rings is 1. The lowest BCUT2D eigenvalue weighted by Crippen LogP contribution is -2.35. The van der Waals surface area contributed by atoms with Gasteiger partial charge < -0.3 is 4.74 Å². The van der Waals surface area contributed by atoms with Crippen LogP contribution in [-0.2, 0) is 4.74 Å². The predicted molar refractivity (Wildman–Crippen MR) is 57.2 cm³/mol. The zero-order chi connectivity index (χ0) is 10.1. The molecule has 0 saturated carbocycles. The molecule has 1 aliphatic heterocycles. The lowest BCUT2D eigenvalue weighted by molar-refractivity contribution is 0.0405. The number of nitrogens with zero attached hydrogens (tertiary/aromatic N) is 2. The van der Waals surface area contributed by atoms with E-state index in [0.717, 1.165) is 26.3 Å². The fourth-order valence-electron chi connectivity index (χ4n) is 1.23. The van der Waals surface area contributed by atoms with Gasteiger partial charge in [0.2, 0.25) is 0 Å². The molecule has 3 nitrogen and oxygen atoms in total. The summed E-state index contributed by atoms with van der Waals surface area (Å²) in [4.78, 5) is 6.18. The molecular formula is C11H18N2O. The third-order valence-electron chi connectivity index (χ3n) is 2.12. The van der Waals surface area contributed by atoms with Crippen molar-refractivity contribution in [3.05, 3.63) is 30.6 Å². The van der Waals surface area contributed by atoms with Crippen LogP contribution in [-0.4, -0.2) is 42.7 Å². The minimum atomic E-state index is 0.924. The number of aromatic nitrogens is 1. The Labute approximate surface area is 85.7 Å². The Balaban J connectivity index is 0.000000146. The maximum Gasteiger partial charge on any atom is 0.0594 e. The highest BCUT2D eigenvalue weighted by Crippen LogP contribution is 1.93. The minimum Gasteiger partial charge on any atom is -0.379 e. The van der Waals surface area contributed by atoms with E-state index in [1.165, 1.54) is 6.54 Å². The molecule has 0 atom stereocenters. The van der Waals surface area contributed by atoms with Crippen LogP contribution >= 0.6 is 0 Å². The van der Waals surface area contributed by atoms with Crippen molar-refractivity contribution in [1.29, 1.82) is 0 Å². The summed E-state index contributed by atoms with van der Waals surface area (Å²) in [5.74, 6) is 0. The number of ether oxygens (including phenoxy) is 1. The van der Waals surface area contributed by atoms with Crippen molar-refractivity contribution in [3.8, 4) is 0 Å². The topological polar surface area (TPSA) is 25.4 Å². The molecule has 0 N–H and O–H groups in total. The van der Waals surface area contributed by atoms with E-state index in [1.807, 2.05) is 18.2 Å². The second kappa shape index (κ2) is 7.47. The van der Waals surface area contributed by atoms with Crippen molar-refractivity contribution < 1.29 is 4.74 Å². The summed E-state index contributed by atoms with van der Waals surface area (Å²) in [6.07, 6.45) is 3.50. The van der Waals surface area contributed by atoms with Gasteiger partial charge in [0, 0.05) is 25.5 Å². The number of likely N-dealkylation sites (N-methyl/N-ethyl adjacent to an activating group) is 1. The van der Waals surface area contributed by atoms with Gasteiger partial charge in [-0.2, -0.15) is 0 Å². The fourth-order valence-corrected chi connectivity index (χ4v) is 1.23. The van der Waals surface area contributed by atoms with Crippen molar-refractivity contribution in [2.45, 2.75) is 6.92 Å².